The number of nitrogens with zero attached hydrogens (tertiary/aromatic N) is 2. The van der Waals surface area contributed by atoms with Crippen LogP contribution in [0.1, 0.15) is 42.9 Å². The first kappa shape index (κ1) is 16.6. The number of urea groups is 1. The summed E-state index contributed by atoms with van der Waals surface area (Å²) < 4.78 is 5.98. The number of pyridine rings is 1. The van der Waals surface area contributed by atoms with Crippen LogP contribution in [0.25, 0.3) is 0 Å². The van der Waals surface area contributed by atoms with Gasteiger partial charge in [0.05, 0.1) is 12.0 Å². The van der Waals surface area contributed by atoms with E-state index < -0.39 is 0 Å². The van der Waals surface area contributed by atoms with Crippen molar-refractivity contribution in [2.24, 2.45) is 5.92 Å². The van der Waals surface area contributed by atoms with Gasteiger partial charge in [-0.05, 0) is 42.5 Å². The fourth-order valence-electron chi connectivity index (χ4n) is 3.46. The number of amides is 3. The Morgan fingerprint density at radius 2 is 1.88 bits per heavy atom. The lowest BCUT2D eigenvalue weighted by Gasteiger charge is -2.36. The van der Waals surface area contributed by atoms with Crippen LogP contribution in [0.3, 0.4) is 0 Å². The molecular formula is C20H21N3O3. The molecule has 1 N–H and O–H groups in total. The Kier molecular flexibility index (Phi) is 4.11. The highest BCUT2D eigenvalue weighted by molar-refractivity contribution is 5.98. The summed E-state index contributed by atoms with van der Waals surface area (Å²) in [5.41, 5.74) is 2.05. The van der Waals surface area contributed by atoms with Crippen LogP contribution >= 0.6 is 0 Å². The Morgan fingerprint density at radius 3 is 2.58 bits per heavy atom. The van der Waals surface area contributed by atoms with Crippen molar-refractivity contribution >= 4 is 11.9 Å². The third kappa shape index (κ3) is 3.03. The molecule has 6 nitrogen and oxygen atoms in total. The van der Waals surface area contributed by atoms with Crippen molar-refractivity contribution in [3.8, 4) is 11.6 Å². The summed E-state index contributed by atoms with van der Waals surface area (Å²) in [6, 6.07) is 10.9. The molecule has 26 heavy (non-hydrogen) atoms. The predicted molar refractivity (Wildman–Crippen MR) is 95.9 cm³/mol. The van der Waals surface area contributed by atoms with Gasteiger partial charge in [-0.1, -0.05) is 25.1 Å². The lowest BCUT2D eigenvalue weighted by molar-refractivity contribution is -0.127. The number of nitrogens with one attached hydrogen (secondary N) is 1. The van der Waals surface area contributed by atoms with Gasteiger partial charge in [-0.3, -0.25) is 10.1 Å². The van der Waals surface area contributed by atoms with Crippen LogP contribution in [-0.4, -0.2) is 28.9 Å². The number of aromatic nitrogens is 1. The van der Waals surface area contributed by atoms with Crippen molar-refractivity contribution < 1.29 is 14.3 Å². The summed E-state index contributed by atoms with van der Waals surface area (Å²) in [4.78, 5) is 29.8. The summed E-state index contributed by atoms with van der Waals surface area (Å²) in [7, 11) is 1.70. The normalized spacial score (nSPS) is 22.9. The van der Waals surface area contributed by atoms with E-state index in [1.165, 1.54) is 12.8 Å². The maximum Gasteiger partial charge on any atom is 0.324 e. The molecule has 1 aromatic heterocycles. The molecule has 2 aromatic rings. The molecule has 2 heterocycles. The zero-order valence-electron chi connectivity index (χ0n) is 14.8. The molecule has 1 saturated carbocycles. The molecule has 0 radical (unpaired) electrons. The van der Waals surface area contributed by atoms with E-state index in [-0.39, 0.29) is 23.9 Å². The van der Waals surface area contributed by atoms with Crippen molar-refractivity contribution in [3.63, 3.8) is 0 Å². The minimum atomic E-state index is -0.374. The molecule has 3 amide bonds. The molecule has 2 aliphatic rings. The van der Waals surface area contributed by atoms with E-state index in [0.717, 1.165) is 11.1 Å². The van der Waals surface area contributed by atoms with Crippen LogP contribution in [0, 0.1) is 5.92 Å². The van der Waals surface area contributed by atoms with Gasteiger partial charge >= 0.3 is 6.03 Å². The number of benzene rings is 1. The standard InChI is InChI=1S/C20H21N3O3/c1-12-17(23(2)20(25)22-18(12)24)14-7-9-15(10-8-14)26-19-16(13-5-6-13)4-3-11-21-19/h3-4,7-13,17H,5-6H2,1-2H3,(H,22,24,25). The Balaban J connectivity index is 1.55. The van der Waals surface area contributed by atoms with Crippen LogP contribution in [0.15, 0.2) is 42.6 Å². The third-order valence-corrected chi connectivity index (χ3v) is 5.11. The third-order valence-electron chi connectivity index (χ3n) is 5.11. The fourth-order valence-corrected chi connectivity index (χ4v) is 3.46. The van der Waals surface area contributed by atoms with E-state index in [1.807, 2.05) is 37.3 Å². The molecule has 2 unspecified atom stereocenters. The number of hydrogen-bond acceptors (Lipinski definition) is 4. The maximum atomic E-state index is 12.0. The molecular weight excluding hydrogens is 330 g/mol. The summed E-state index contributed by atoms with van der Waals surface area (Å²) in [6.07, 6.45) is 4.10. The monoisotopic (exact) mass is 351 g/mol. The number of imide groups is 1. The lowest BCUT2D eigenvalue weighted by Crippen LogP contribution is -2.53. The van der Waals surface area contributed by atoms with Crippen molar-refractivity contribution in [2.75, 3.05) is 7.05 Å². The molecule has 1 aliphatic carbocycles. The van der Waals surface area contributed by atoms with Crippen molar-refractivity contribution in [1.82, 2.24) is 15.2 Å². The first-order valence-electron chi connectivity index (χ1n) is 8.85. The number of ether oxygens (including phenoxy) is 1. The molecule has 1 aliphatic heterocycles. The van der Waals surface area contributed by atoms with Gasteiger partial charge in [0.25, 0.3) is 0 Å². The molecule has 1 aromatic carbocycles. The summed E-state index contributed by atoms with van der Waals surface area (Å²) in [5.74, 6) is 1.33. The largest absolute Gasteiger partial charge is 0.439 e. The van der Waals surface area contributed by atoms with E-state index in [4.69, 9.17) is 4.74 Å². The highest BCUT2D eigenvalue weighted by Crippen LogP contribution is 2.44. The number of hydrogen-bond donors (Lipinski definition) is 1. The topological polar surface area (TPSA) is 71.5 Å². The highest BCUT2D eigenvalue weighted by atomic mass is 16.5. The highest BCUT2D eigenvalue weighted by Gasteiger charge is 2.37. The molecule has 2 fully saturated rings. The zero-order valence-corrected chi connectivity index (χ0v) is 14.8. The average Bonchev–Trinajstić information content (AvgIpc) is 3.47. The predicted octanol–water partition coefficient (Wildman–Crippen LogP) is 3.61. The van der Waals surface area contributed by atoms with Crippen LogP contribution in [-0.2, 0) is 4.79 Å². The molecule has 0 bridgehead atoms. The van der Waals surface area contributed by atoms with Crippen LogP contribution in [0.5, 0.6) is 11.6 Å². The zero-order chi connectivity index (χ0) is 18.3. The van der Waals surface area contributed by atoms with Gasteiger partial charge in [0.2, 0.25) is 11.8 Å². The van der Waals surface area contributed by atoms with Crippen molar-refractivity contribution in [1.29, 1.82) is 0 Å². The Labute approximate surface area is 152 Å². The molecule has 2 atom stereocenters. The summed E-state index contributed by atoms with van der Waals surface area (Å²) in [6.45, 7) is 1.82. The Bertz CT molecular complexity index is 826. The van der Waals surface area contributed by atoms with Gasteiger partial charge in [0.15, 0.2) is 0 Å². The smallest absolute Gasteiger partial charge is 0.324 e. The fraction of sp³-hybridized carbons (Fsp3) is 0.350. The van der Waals surface area contributed by atoms with Gasteiger partial charge in [0.1, 0.15) is 5.75 Å². The number of rotatable bonds is 4. The Morgan fingerprint density at radius 1 is 1.15 bits per heavy atom. The molecule has 134 valence electrons. The van der Waals surface area contributed by atoms with E-state index in [9.17, 15) is 9.59 Å². The second-order valence-electron chi connectivity index (χ2n) is 6.98. The van der Waals surface area contributed by atoms with Crippen LogP contribution < -0.4 is 10.1 Å². The van der Waals surface area contributed by atoms with E-state index >= 15 is 0 Å². The van der Waals surface area contributed by atoms with Crippen LogP contribution in [0.4, 0.5) is 4.79 Å². The SMILES string of the molecule is CC1C(=O)NC(=O)N(C)C1c1ccc(Oc2ncccc2C2CC2)cc1. The average molecular weight is 351 g/mol. The van der Waals surface area contributed by atoms with Gasteiger partial charge in [-0.15, -0.1) is 0 Å². The molecule has 4 rings (SSSR count). The molecule has 0 spiro atoms. The van der Waals surface area contributed by atoms with Gasteiger partial charge in [-0.2, -0.15) is 0 Å². The number of carbonyl (C=O) groups excluding carboxylic acids is 2. The van der Waals surface area contributed by atoms with Gasteiger partial charge in [-0.25, -0.2) is 9.78 Å². The van der Waals surface area contributed by atoms with E-state index in [0.29, 0.717) is 17.5 Å². The molecule has 1 saturated heterocycles. The lowest BCUT2D eigenvalue weighted by atomic mass is 9.91. The van der Waals surface area contributed by atoms with E-state index in [1.54, 1.807) is 18.1 Å². The van der Waals surface area contributed by atoms with Crippen molar-refractivity contribution in [2.45, 2.75) is 31.7 Å². The first-order valence-corrected chi connectivity index (χ1v) is 8.85. The second kappa shape index (κ2) is 6.44. The number of carbonyl (C=O) groups is 2. The first-order chi connectivity index (χ1) is 12.5. The second-order valence-corrected chi connectivity index (χ2v) is 6.98. The minimum Gasteiger partial charge on any atom is -0.439 e. The summed E-state index contributed by atoms with van der Waals surface area (Å²) >= 11 is 0. The van der Waals surface area contributed by atoms with Gasteiger partial charge < -0.3 is 9.64 Å². The van der Waals surface area contributed by atoms with E-state index in [2.05, 4.69) is 16.4 Å². The maximum absolute atomic E-state index is 12.0. The van der Waals surface area contributed by atoms with Gasteiger partial charge in [0, 0.05) is 18.8 Å². The Hall–Kier alpha value is -2.89. The van der Waals surface area contributed by atoms with Crippen molar-refractivity contribution in [3.05, 3.63) is 53.7 Å². The van der Waals surface area contributed by atoms with Crippen LogP contribution in [0.2, 0.25) is 0 Å². The molecule has 6 heteroatoms. The summed E-state index contributed by atoms with van der Waals surface area (Å²) in [5, 5.41) is 2.36. The quantitative estimate of drug-likeness (QED) is 0.913. The minimum absolute atomic E-state index is 0.249.